The number of ketones is 1. The Hall–Kier alpha value is -4.59. The van der Waals surface area contributed by atoms with Gasteiger partial charge in [0.1, 0.15) is 17.3 Å². The van der Waals surface area contributed by atoms with Crippen LogP contribution < -0.4 is 14.4 Å². The smallest absolute Gasteiger partial charge is 0.302 e. The van der Waals surface area contributed by atoms with Gasteiger partial charge in [-0.15, -0.1) is 0 Å². The van der Waals surface area contributed by atoms with Crippen LogP contribution in [0.1, 0.15) is 17.2 Å². The summed E-state index contributed by atoms with van der Waals surface area (Å²) < 4.78 is 10.5. The Morgan fingerprint density at radius 2 is 1.62 bits per heavy atom. The highest BCUT2D eigenvalue weighted by atomic mass is 16.5. The van der Waals surface area contributed by atoms with E-state index in [2.05, 4.69) is 9.97 Å². The minimum atomic E-state index is -0.895. The fraction of sp³-hybridized carbons (Fsp3) is 0.115. The summed E-state index contributed by atoms with van der Waals surface area (Å²) in [6.45, 7) is 0. The van der Waals surface area contributed by atoms with Crippen molar-refractivity contribution in [1.82, 2.24) is 9.97 Å². The number of aromatic amines is 1. The molecule has 34 heavy (non-hydrogen) atoms. The molecule has 1 amide bonds. The molecule has 1 saturated heterocycles. The SMILES string of the molecule is COc1ccc(C2/C(=C(\O)c3ccccc3)C(=O)C(=O)N2c2nc3ccc(OC)cc3[nH]2)cc1. The van der Waals surface area contributed by atoms with E-state index in [1.807, 2.05) is 0 Å². The number of hydrogen-bond acceptors (Lipinski definition) is 6. The molecule has 1 unspecified atom stereocenters. The molecule has 170 valence electrons. The molecular formula is C26H21N3O5. The molecule has 0 radical (unpaired) electrons. The van der Waals surface area contributed by atoms with Crippen LogP contribution in [0.25, 0.3) is 16.8 Å². The predicted molar refractivity (Wildman–Crippen MR) is 127 cm³/mol. The van der Waals surface area contributed by atoms with Gasteiger partial charge in [0.25, 0.3) is 5.78 Å². The summed E-state index contributed by atoms with van der Waals surface area (Å²) in [5.41, 5.74) is 2.30. The van der Waals surface area contributed by atoms with E-state index >= 15 is 0 Å². The highest BCUT2D eigenvalue weighted by Gasteiger charge is 2.48. The average Bonchev–Trinajstić information content (AvgIpc) is 3.41. The van der Waals surface area contributed by atoms with Gasteiger partial charge < -0.3 is 19.6 Å². The van der Waals surface area contributed by atoms with E-state index in [0.717, 1.165) is 0 Å². The molecule has 2 N–H and O–H groups in total. The maximum atomic E-state index is 13.3. The lowest BCUT2D eigenvalue weighted by Gasteiger charge is -2.23. The number of hydrogen-bond donors (Lipinski definition) is 2. The number of nitrogens with one attached hydrogen (secondary N) is 1. The molecule has 2 heterocycles. The number of rotatable bonds is 5. The number of Topliss-reactive ketones (excluding diaryl/α,β-unsaturated/α-hetero) is 1. The first-order chi connectivity index (χ1) is 16.5. The maximum Gasteiger partial charge on any atom is 0.302 e. The van der Waals surface area contributed by atoms with E-state index in [1.165, 1.54) is 4.90 Å². The quantitative estimate of drug-likeness (QED) is 0.265. The van der Waals surface area contributed by atoms with Crippen molar-refractivity contribution in [1.29, 1.82) is 0 Å². The van der Waals surface area contributed by atoms with Gasteiger partial charge in [-0.2, -0.15) is 0 Å². The van der Waals surface area contributed by atoms with Gasteiger partial charge in [-0.05, 0) is 29.8 Å². The van der Waals surface area contributed by atoms with Crippen LogP contribution in [0.2, 0.25) is 0 Å². The van der Waals surface area contributed by atoms with Gasteiger partial charge in [0.15, 0.2) is 0 Å². The van der Waals surface area contributed by atoms with Crippen molar-refractivity contribution in [3.8, 4) is 11.5 Å². The number of aliphatic hydroxyl groups excluding tert-OH is 1. The topological polar surface area (TPSA) is 105 Å². The summed E-state index contributed by atoms with van der Waals surface area (Å²) in [6, 6.07) is 20.0. The van der Waals surface area contributed by atoms with Crippen LogP contribution in [-0.4, -0.2) is 41.0 Å². The number of imidazole rings is 1. The summed E-state index contributed by atoms with van der Waals surface area (Å²) >= 11 is 0. The van der Waals surface area contributed by atoms with Crippen molar-refractivity contribution in [3.05, 3.63) is 89.5 Å². The van der Waals surface area contributed by atoms with E-state index in [4.69, 9.17) is 9.47 Å². The number of aliphatic hydroxyl groups is 1. The number of ether oxygens (including phenoxy) is 2. The molecule has 4 aromatic rings. The van der Waals surface area contributed by atoms with Crippen LogP contribution in [-0.2, 0) is 9.59 Å². The Labute approximate surface area is 195 Å². The molecule has 1 aromatic heterocycles. The van der Waals surface area contributed by atoms with Crippen LogP contribution in [0.5, 0.6) is 11.5 Å². The largest absolute Gasteiger partial charge is 0.507 e. The lowest BCUT2D eigenvalue weighted by Crippen LogP contribution is -2.30. The predicted octanol–water partition coefficient (Wildman–Crippen LogP) is 4.21. The second kappa shape index (κ2) is 8.40. The van der Waals surface area contributed by atoms with E-state index < -0.39 is 17.7 Å². The number of H-pyrrole nitrogens is 1. The molecule has 0 saturated carbocycles. The molecule has 8 nitrogen and oxygen atoms in total. The van der Waals surface area contributed by atoms with Gasteiger partial charge in [-0.1, -0.05) is 42.5 Å². The second-order valence-electron chi connectivity index (χ2n) is 7.75. The van der Waals surface area contributed by atoms with Crippen molar-refractivity contribution in [3.63, 3.8) is 0 Å². The van der Waals surface area contributed by atoms with Gasteiger partial charge in [0, 0.05) is 11.6 Å². The molecular weight excluding hydrogens is 434 g/mol. The Kier molecular flexibility index (Phi) is 5.25. The maximum absolute atomic E-state index is 13.3. The van der Waals surface area contributed by atoms with Gasteiger partial charge in [0.05, 0.1) is 36.9 Å². The summed E-state index contributed by atoms with van der Waals surface area (Å²) in [6.07, 6.45) is 0. The minimum Gasteiger partial charge on any atom is -0.507 e. The van der Waals surface area contributed by atoms with Crippen LogP contribution in [0.4, 0.5) is 5.95 Å². The number of nitrogens with zero attached hydrogens (tertiary/aromatic N) is 2. The van der Waals surface area contributed by atoms with Gasteiger partial charge in [-0.25, -0.2) is 4.98 Å². The number of aromatic nitrogens is 2. The number of carbonyl (C=O) groups excluding carboxylic acids is 2. The van der Waals surface area contributed by atoms with Gasteiger partial charge >= 0.3 is 5.91 Å². The molecule has 1 aliphatic heterocycles. The second-order valence-corrected chi connectivity index (χ2v) is 7.75. The Morgan fingerprint density at radius 3 is 2.29 bits per heavy atom. The Morgan fingerprint density at radius 1 is 0.941 bits per heavy atom. The van der Waals surface area contributed by atoms with Crippen molar-refractivity contribution in [2.24, 2.45) is 0 Å². The van der Waals surface area contributed by atoms with Crippen LogP contribution in [0.3, 0.4) is 0 Å². The summed E-state index contributed by atoms with van der Waals surface area (Å²) in [5, 5.41) is 11.1. The van der Waals surface area contributed by atoms with Crippen molar-refractivity contribution in [2.45, 2.75) is 6.04 Å². The Bertz CT molecular complexity index is 1420. The first-order valence-electron chi connectivity index (χ1n) is 10.6. The number of amides is 1. The van der Waals surface area contributed by atoms with Gasteiger partial charge in [0.2, 0.25) is 5.95 Å². The lowest BCUT2D eigenvalue weighted by atomic mass is 9.95. The Balaban J connectivity index is 1.71. The third kappa shape index (κ3) is 3.45. The zero-order valence-corrected chi connectivity index (χ0v) is 18.5. The van der Waals surface area contributed by atoms with Crippen LogP contribution >= 0.6 is 0 Å². The van der Waals surface area contributed by atoms with Crippen molar-refractivity contribution >= 4 is 34.4 Å². The molecule has 5 rings (SSSR count). The third-order valence-electron chi connectivity index (χ3n) is 5.83. The zero-order chi connectivity index (χ0) is 23.8. The van der Waals surface area contributed by atoms with E-state index in [0.29, 0.717) is 33.7 Å². The molecule has 0 aliphatic carbocycles. The average molecular weight is 455 g/mol. The fourth-order valence-electron chi connectivity index (χ4n) is 4.12. The third-order valence-corrected chi connectivity index (χ3v) is 5.83. The standard InChI is InChI=1S/C26H21N3O5/c1-33-17-10-8-15(9-11-17)22-21(23(30)16-6-4-3-5-7-16)24(31)25(32)29(22)26-27-19-13-12-18(34-2)14-20(19)28-26/h3-14,22,30H,1-2H3,(H,27,28)/b23-21+. The fourth-order valence-corrected chi connectivity index (χ4v) is 4.12. The monoisotopic (exact) mass is 455 g/mol. The molecule has 1 aliphatic rings. The van der Waals surface area contributed by atoms with Crippen molar-refractivity contribution < 1.29 is 24.2 Å². The minimum absolute atomic E-state index is 0.0144. The molecule has 1 fully saturated rings. The molecule has 8 heteroatoms. The zero-order valence-electron chi connectivity index (χ0n) is 18.5. The summed E-state index contributed by atoms with van der Waals surface area (Å²) in [4.78, 5) is 35.5. The van der Waals surface area contributed by atoms with E-state index in [9.17, 15) is 14.7 Å². The molecule has 0 spiro atoms. The first-order valence-corrected chi connectivity index (χ1v) is 10.6. The number of carbonyl (C=O) groups is 2. The lowest BCUT2D eigenvalue weighted by molar-refractivity contribution is -0.132. The van der Waals surface area contributed by atoms with Crippen molar-refractivity contribution in [2.75, 3.05) is 19.1 Å². The summed E-state index contributed by atoms with van der Waals surface area (Å²) in [7, 11) is 3.11. The normalized spacial score (nSPS) is 17.4. The van der Waals surface area contributed by atoms with E-state index in [1.54, 1.807) is 87.0 Å². The van der Waals surface area contributed by atoms with Crippen LogP contribution in [0, 0.1) is 0 Å². The molecule has 1 atom stereocenters. The number of benzene rings is 3. The molecule has 0 bridgehead atoms. The first kappa shape index (κ1) is 21.3. The summed E-state index contributed by atoms with van der Waals surface area (Å²) in [5.74, 6) is -0.386. The number of methoxy groups -OCH3 is 2. The highest BCUT2D eigenvalue weighted by Crippen LogP contribution is 2.42. The van der Waals surface area contributed by atoms with Crippen LogP contribution in [0.15, 0.2) is 78.4 Å². The molecule has 3 aromatic carbocycles. The number of anilines is 1. The van der Waals surface area contributed by atoms with E-state index in [-0.39, 0.29) is 17.3 Å². The van der Waals surface area contributed by atoms with Gasteiger partial charge in [-0.3, -0.25) is 14.5 Å². The number of fused-ring (bicyclic) bond motifs is 1. The highest BCUT2D eigenvalue weighted by molar-refractivity contribution is 6.51.